The molecule has 0 amide bonds. The SMILES string of the molecule is C1=Nc2ccncc2Nc2c1cccc2-c1ccccc1. The van der Waals surface area contributed by atoms with E-state index in [0.717, 1.165) is 28.2 Å². The van der Waals surface area contributed by atoms with Crippen molar-refractivity contribution in [2.24, 2.45) is 4.99 Å². The lowest BCUT2D eigenvalue weighted by molar-refractivity contribution is 1.31. The van der Waals surface area contributed by atoms with E-state index in [1.165, 1.54) is 5.56 Å². The predicted molar refractivity (Wildman–Crippen MR) is 86.7 cm³/mol. The van der Waals surface area contributed by atoms with Gasteiger partial charge in [0.2, 0.25) is 0 Å². The van der Waals surface area contributed by atoms with Crippen LogP contribution in [0.25, 0.3) is 11.1 Å². The Morgan fingerprint density at radius 1 is 0.857 bits per heavy atom. The molecule has 0 spiro atoms. The van der Waals surface area contributed by atoms with Gasteiger partial charge in [-0.1, -0.05) is 48.5 Å². The number of fused-ring (bicyclic) bond motifs is 2. The van der Waals surface area contributed by atoms with E-state index in [9.17, 15) is 0 Å². The molecule has 3 aromatic rings. The number of para-hydroxylation sites is 1. The summed E-state index contributed by atoms with van der Waals surface area (Å²) in [5.74, 6) is 0. The Hall–Kier alpha value is -2.94. The number of aromatic nitrogens is 1. The molecule has 1 aromatic heterocycles. The van der Waals surface area contributed by atoms with Crippen molar-refractivity contribution in [3.05, 3.63) is 72.6 Å². The second-order valence-electron chi connectivity index (χ2n) is 4.91. The largest absolute Gasteiger partial charge is 0.351 e. The normalized spacial score (nSPS) is 12.0. The summed E-state index contributed by atoms with van der Waals surface area (Å²) in [6, 6.07) is 18.5. The van der Waals surface area contributed by atoms with Gasteiger partial charge in [-0.05, 0) is 11.6 Å². The maximum atomic E-state index is 4.54. The molecule has 21 heavy (non-hydrogen) atoms. The van der Waals surface area contributed by atoms with E-state index in [0.29, 0.717) is 0 Å². The Bertz CT molecular complexity index is 823. The summed E-state index contributed by atoms with van der Waals surface area (Å²) < 4.78 is 0. The number of hydrogen-bond acceptors (Lipinski definition) is 3. The molecular weight excluding hydrogens is 258 g/mol. The van der Waals surface area contributed by atoms with E-state index in [4.69, 9.17) is 0 Å². The van der Waals surface area contributed by atoms with Gasteiger partial charge in [0, 0.05) is 23.5 Å². The minimum absolute atomic E-state index is 0.903. The van der Waals surface area contributed by atoms with Gasteiger partial charge >= 0.3 is 0 Å². The first-order valence-electron chi connectivity index (χ1n) is 6.85. The molecule has 100 valence electrons. The summed E-state index contributed by atoms with van der Waals surface area (Å²) in [6.07, 6.45) is 5.47. The Morgan fingerprint density at radius 3 is 2.67 bits per heavy atom. The zero-order chi connectivity index (χ0) is 14.1. The monoisotopic (exact) mass is 271 g/mol. The molecule has 1 aliphatic heterocycles. The van der Waals surface area contributed by atoms with Crippen LogP contribution in [0.4, 0.5) is 17.1 Å². The topological polar surface area (TPSA) is 37.3 Å². The number of hydrogen-bond donors (Lipinski definition) is 1. The first-order valence-corrected chi connectivity index (χ1v) is 6.85. The Balaban J connectivity index is 1.92. The summed E-state index contributed by atoms with van der Waals surface area (Å²) >= 11 is 0. The number of benzene rings is 2. The summed E-state index contributed by atoms with van der Waals surface area (Å²) in [5, 5.41) is 3.48. The van der Waals surface area contributed by atoms with E-state index in [1.807, 2.05) is 24.5 Å². The van der Waals surface area contributed by atoms with Gasteiger partial charge < -0.3 is 5.32 Å². The zero-order valence-electron chi connectivity index (χ0n) is 11.3. The van der Waals surface area contributed by atoms with Crippen LogP contribution in [-0.4, -0.2) is 11.2 Å². The quantitative estimate of drug-likeness (QED) is 0.551. The fraction of sp³-hybridized carbons (Fsp3) is 0. The highest BCUT2D eigenvalue weighted by atomic mass is 15.0. The van der Waals surface area contributed by atoms with E-state index in [-0.39, 0.29) is 0 Å². The molecule has 1 aliphatic rings. The maximum absolute atomic E-state index is 4.54. The fourth-order valence-corrected chi connectivity index (χ4v) is 2.55. The van der Waals surface area contributed by atoms with Crippen molar-refractivity contribution in [1.82, 2.24) is 4.98 Å². The predicted octanol–water partition coefficient (Wildman–Crippen LogP) is 4.56. The minimum atomic E-state index is 0.903. The van der Waals surface area contributed by atoms with Crippen LogP contribution in [0.5, 0.6) is 0 Å². The van der Waals surface area contributed by atoms with Crippen LogP contribution in [-0.2, 0) is 0 Å². The molecule has 0 saturated carbocycles. The van der Waals surface area contributed by atoms with E-state index >= 15 is 0 Å². The van der Waals surface area contributed by atoms with E-state index in [2.05, 4.69) is 57.8 Å². The highest BCUT2D eigenvalue weighted by molar-refractivity contribution is 6.00. The van der Waals surface area contributed by atoms with Crippen molar-refractivity contribution in [1.29, 1.82) is 0 Å². The highest BCUT2D eigenvalue weighted by Gasteiger charge is 2.13. The molecule has 0 atom stereocenters. The third kappa shape index (κ3) is 2.09. The number of aliphatic imine (C=N–C) groups is 1. The lowest BCUT2D eigenvalue weighted by atomic mass is 10.0. The lowest BCUT2D eigenvalue weighted by Crippen LogP contribution is -1.96. The second kappa shape index (κ2) is 4.87. The molecule has 0 unspecified atom stereocenters. The van der Waals surface area contributed by atoms with Crippen molar-refractivity contribution in [3.63, 3.8) is 0 Å². The summed E-state index contributed by atoms with van der Waals surface area (Å²) in [6.45, 7) is 0. The summed E-state index contributed by atoms with van der Waals surface area (Å²) in [4.78, 5) is 8.71. The highest BCUT2D eigenvalue weighted by Crippen LogP contribution is 2.37. The van der Waals surface area contributed by atoms with Crippen LogP contribution in [0.3, 0.4) is 0 Å². The average Bonchev–Trinajstić information content (AvgIpc) is 2.74. The van der Waals surface area contributed by atoms with Gasteiger partial charge in [0.1, 0.15) is 0 Å². The van der Waals surface area contributed by atoms with Crippen molar-refractivity contribution in [2.45, 2.75) is 0 Å². The molecule has 4 rings (SSSR count). The Kier molecular flexibility index (Phi) is 2.75. The Morgan fingerprint density at radius 2 is 1.76 bits per heavy atom. The molecular formula is C18H13N3. The van der Waals surface area contributed by atoms with E-state index < -0.39 is 0 Å². The van der Waals surface area contributed by atoms with Crippen LogP contribution in [0.2, 0.25) is 0 Å². The van der Waals surface area contributed by atoms with Crippen LogP contribution in [0.1, 0.15) is 5.56 Å². The van der Waals surface area contributed by atoms with Crippen molar-refractivity contribution >= 4 is 23.3 Å². The molecule has 0 saturated heterocycles. The second-order valence-corrected chi connectivity index (χ2v) is 4.91. The smallest absolute Gasteiger partial charge is 0.0895 e. The molecule has 0 radical (unpaired) electrons. The zero-order valence-corrected chi connectivity index (χ0v) is 11.3. The molecule has 3 heteroatoms. The van der Waals surface area contributed by atoms with E-state index in [1.54, 1.807) is 6.20 Å². The molecule has 0 fully saturated rings. The molecule has 0 aliphatic carbocycles. The fourth-order valence-electron chi connectivity index (χ4n) is 2.55. The maximum Gasteiger partial charge on any atom is 0.0895 e. The first kappa shape index (κ1) is 11.9. The van der Waals surface area contributed by atoms with Gasteiger partial charge in [-0.2, -0.15) is 0 Å². The van der Waals surface area contributed by atoms with Gasteiger partial charge in [-0.3, -0.25) is 9.98 Å². The summed E-state index contributed by atoms with van der Waals surface area (Å²) in [5.41, 5.74) is 6.32. The van der Waals surface area contributed by atoms with Gasteiger partial charge in [0.15, 0.2) is 0 Å². The third-order valence-corrected chi connectivity index (χ3v) is 3.58. The lowest BCUT2D eigenvalue weighted by Gasteiger charge is -2.14. The first-order chi connectivity index (χ1) is 10.4. The van der Waals surface area contributed by atoms with Gasteiger partial charge in [0.25, 0.3) is 0 Å². The van der Waals surface area contributed by atoms with Gasteiger partial charge in [0.05, 0.1) is 23.3 Å². The number of pyridine rings is 1. The average molecular weight is 271 g/mol. The van der Waals surface area contributed by atoms with Crippen LogP contribution in [0, 0.1) is 0 Å². The molecule has 2 heterocycles. The van der Waals surface area contributed by atoms with Crippen LogP contribution >= 0.6 is 0 Å². The molecule has 3 nitrogen and oxygen atoms in total. The molecule has 0 bridgehead atoms. The van der Waals surface area contributed by atoms with Crippen LogP contribution in [0.15, 0.2) is 72.0 Å². The Labute approximate surface area is 123 Å². The summed E-state index contributed by atoms with van der Waals surface area (Å²) in [7, 11) is 0. The number of anilines is 2. The molecule has 2 aromatic carbocycles. The van der Waals surface area contributed by atoms with Crippen LogP contribution < -0.4 is 5.32 Å². The third-order valence-electron chi connectivity index (χ3n) is 3.58. The standard InChI is InChI=1S/C18H13N3/c1-2-5-13(6-3-1)15-8-4-7-14-11-20-16-9-10-19-12-17(16)21-18(14)15/h1-12,21H. The number of nitrogens with one attached hydrogen (secondary N) is 1. The molecule has 1 N–H and O–H groups in total. The van der Waals surface area contributed by atoms with Crippen molar-refractivity contribution in [3.8, 4) is 11.1 Å². The van der Waals surface area contributed by atoms with Gasteiger partial charge in [-0.15, -0.1) is 0 Å². The van der Waals surface area contributed by atoms with Gasteiger partial charge in [-0.25, -0.2) is 0 Å². The minimum Gasteiger partial charge on any atom is -0.351 e. The number of rotatable bonds is 1. The van der Waals surface area contributed by atoms with Crippen molar-refractivity contribution in [2.75, 3.05) is 5.32 Å². The van der Waals surface area contributed by atoms with Crippen molar-refractivity contribution < 1.29 is 0 Å². The number of nitrogens with zero attached hydrogens (tertiary/aromatic N) is 2.